The fraction of sp³-hybridized carbons (Fsp3) is 0.385. The van der Waals surface area contributed by atoms with Crippen LogP contribution in [0.1, 0.15) is 22.3 Å². The largest absolute Gasteiger partial charge is 0.383 e. The lowest BCUT2D eigenvalue weighted by atomic mass is 10.00. The van der Waals surface area contributed by atoms with Crippen LogP contribution in [-0.4, -0.2) is 19.0 Å². The van der Waals surface area contributed by atoms with E-state index in [0.717, 1.165) is 0 Å². The van der Waals surface area contributed by atoms with Gasteiger partial charge in [0, 0.05) is 14.1 Å². The molecule has 76 valence electrons. The van der Waals surface area contributed by atoms with E-state index in [1.54, 1.807) is 0 Å². The van der Waals surface area contributed by atoms with Gasteiger partial charge in [-0.25, -0.2) is 0 Å². The summed E-state index contributed by atoms with van der Waals surface area (Å²) in [4.78, 5) is 2.05. The average molecular weight is 189 g/mol. The second-order valence-electron chi connectivity index (χ2n) is 4.09. The Labute approximate surface area is 87.1 Å². The van der Waals surface area contributed by atoms with Crippen molar-refractivity contribution in [3.05, 3.63) is 40.6 Å². The molecule has 0 unspecified atom stereocenters. The fourth-order valence-electron chi connectivity index (χ4n) is 1.68. The smallest absolute Gasteiger partial charge is 0.00556 e. The number of hydrogen-bond donors (Lipinski definition) is 0. The molecule has 0 fully saturated rings. The summed E-state index contributed by atoms with van der Waals surface area (Å²) in [7, 11) is 4.07. The van der Waals surface area contributed by atoms with Crippen LogP contribution in [0.25, 0.3) is 6.08 Å². The maximum absolute atomic E-state index is 2.22. The molecule has 14 heavy (non-hydrogen) atoms. The van der Waals surface area contributed by atoms with Gasteiger partial charge in [-0.1, -0.05) is 17.7 Å². The summed E-state index contributed by atoms with van der Waals surface area (Å²) < 4.78 is 0. The predicted molar refractivity (Wildman–Crippen MR) is 63.4 cm³/mol. The highest BCUT2D eigenvalue weighted by Gasteiger charge is 1.99. The van der Waals surface area contributed by atoms with Crippen molar-refractivity contribution in [1.29, 1.82) is 0 Å². The molecule has 1 nitrogen and oxygen atoms in total. The van der Waals surface area contributed by atoms with E-state index in [9.17, 15) is 0 Å². The van der Waals surface area contributed by atoms with Crippen molar-refractivity contribution in [2.24, 2.45) is 0 Å². The number of benzene rings is 1. The molecule has 0 aromatic heterocycles. The number of hydrogen-bond acceptors (Lipinski definition) is 1. The van der Waals surface area contributed by atoms with E-state index >= 15 is 0 Å². The van der Waals surface area contributed by atoms with Crippen molar-refractivity contribution < 1.29 is 0 Å². The second-order valence-corrected chi connectivity index (χ2v) is 4.09. The molecule has 1 rings (SSSR count). The third-order valence-electron chi connectivity index (χ3n) is 2.28. The van der Waals surface area contributed by atoms with Crippen LogP contribution in [0, 0.1) is 20.8 Å². The van der Waals surface area contributed by atoms with Gasteiger partial charge in [-0.2, -0.15) is 0 Å². The van der Waals surface area contributed by atoms with Crippen LogP contribution < -0.4 is 0 Å². The molecule has 0 bridgehead atoms. The van der Waals surface area contributed by atoms with Crippen LogP contribution in [0.2, 0.25) is 0 Å². The maximum Gasteiger partial charge on any atom is 0.00556 e. The van der Waals surface area contributed by atoms with Crippen LogP contribution in [0.3, 0.4) is 0 Å². The number of rotatable bonds is 2. The Balaban J connectivity index is 3.09. The summed E-state index contributed by atoms with van der Waals surface area (Å²) >= 11 is 0. The van der Waals surface area contributed by atoms with Crippen LogP contribution in [0.5, 0.6) is 0 Å². The van der Waals surface area contributed by atoms with E-state index in [2.05, 4.69) is 50.1 Å². The predicted octanol–water partition coefficient (Wildman–Crippen LogP) is 3.14. The molecule has 0 saturated heterocycles. The van der Waals surface area contributed by atoms with Crippen LogP contribution in [0.4, 0.5) is 0 Å². The van der Waals surface area contributed by atoms with E-state index in [0.29, 0.717) is 0 Å². The standard InChI is InChI=1S/C13H19N/c1-10-8-11(2)13(12(3)9-10)6-7-14(4)5/h6-9H,1-5H3. The first kappa shape index (κ1) is 10.8. The average Bonchev–Trinajstić information content (AvgIpc) is 2.01. The molecule has 0 radical (unpaired) electrons. The Morgan fingerprint density at radius 3 is 1.93 bits per heavy atom. The summed E-state index contributed by atoms with van der Waals surface area (Å²) in [5.41, 5.74) is 5.37. The molecule has 0 atom stereocenters. The normalized spacial score (nSPS) is 10.9. The van der Waals surface area contributed by atoms with Crippen molar-refractivity contribution in [1.82, 2.24) is 4.90 Å². The molecular weight excluding hydrogens is 170 g/mol. The summed E-state index contributed by atoms with van der Waals surface area (Å²) in [6.45, 7) is 6.46. The van der Waals surface area contributed by atoms with Gasteiger partial charge in [-0.05, 0) is 49.7 Å². The minimum atomic E-state index is 1.34. The van der Waals surface area contributed by atoms with Gasteiger partial charge in [0.1, 0.15) is 0 Å². The van der Waals surface area contributed by atoms with E-state index in [1.807, 2.05) is 14.1 Å². The van der Waals surface area contributed by atoms with Crippen molar-refractivity contribution in [3.63, 3.8) is 0 Å². The van der Waals surface area contributed by atoms with Gasteiger partial charge in [0.2, 0.25) is 0 Å². The SMILES string of the molecule is Cc1cc(C)c(C=CN(C)C)c(C)c1. The van der Waals surface area contributed by atoms with Crippen LogP contribution >= 0.6 is 0 Å². The zero-order valence-corrected chi connectivity index (χ0v) is 9.76. The Hall–Kier alpha value is -1.24. The molecule has 0 aliphatic carbocycles. The molecule has 0 spiro atoms. The molecule has 1 aromatic rings. The highest BCUT2D eigenvalue weighted by molar-refractivity contribution is 5.58. The van der Waals surface area contributed by atoms with Crippen molar-refractivity contribution in [2.45, 2.75) is 20.8 Å². The lowest BCUT2D eigenvalue weighted by molar-refractivity contribution is 0.567. The van der Waals surface area contributed by atoms with Crippen LogP contribution in [-0.2, 0) is 0 Å². The molecule has 0 saturated carbocycles. The van der Waals surface area contributed by atoms with Crippen molar-refractivity contribution in [3.8, 4) is 0 Å². The minimum Gasteiger partial charge on any atom is -0.383 e. The van der Waals surface area contributed by atoms with E-state index in [1.165, 1.54) is 22.3 Å². The molecule has 0 heterocycles. The second kappa shape index (κ2) is 4.32. The molecule has 1 heteroatoms. The lowest BCUT2D eigenvalue weighted by Crippen LogP contribution is -2.00. The Morgan fingerprint density at radius 1 is 1.00 bits per heavy atom. The van der Waals surface area contributed by atoms with Gasteiger partial charge in [0.05, 0.1) is 0 Å². The van der Waals surface area contributed by atoms with E-state index in [-0.39, 0.29) is 0 Å². The Morgan fingerprint density at radius 2 is 1.50 bits per heavy atom. The topological polar surface area (TPSA) is 3.24 Å². The van der Waals surface area contributed by atoms with Crippen LogP contribution in [0.15, 0.2) is 18.3 Å². The number of aryl methyl sites for hydroxylation is 3. The van der Waals surface area contributed by atoms with Gasteiger partial charge >= 0.3 is 0 Å². The van der Waals surface area contributed by atoms with Crippen molar-refractivity contribution >= 4 is 6.08 Å². The first-order chi connectivity index (χ1) is 6.50. The monoisotopic (exact) mass is 189 g/mol. The lowest BCUT2D eigenvalue weighted by Gasteiger charge is -2.09. The molecule has 0 N–H and O–H groups in total. The highest BCUT2D eigenvalue weighted by Crippen LogP contribution is 2.17. The Kier molecular flexibility index (Phi) is 3.34. The summed E-state index contributed by atoms with van der Waals surface area (Å²) in [6, 6.07) is 4.45. The van der Waals surface area contributed by atoms with Gasteiger partial charge in [-0.15, -0.1) is 0 Å². The number of nitrogens with zero attached hydrogens (tertiary/aromatic N) is 1. The first-order valence-electron chi connectivity index (χ1n) is 4.93. The zero-order valence-electron chi connectivity index (χ0n) is 9.76. The van der Waals surface area contributed by atoms with Gasteiger partial charge in [-0.3, -0.25) is 0 Å². The van der Waals surface area contributed by atoms with Gasteiger partial charge in [0.15, 0.2) is 0 Å². The van der Waals surface area contributed by atoms with Crippen molar-refractivity contribution in [2.75, 3.05) is 14.1 Å². The molecule has 0 aliphatic rings. The van der Waals surface area contributed by atoms with Gasteiger partial charge in [0.25, 0.3) is 0 Å². The third-order valence-corrected chi connectivity index (χ3v) is 2.28. The zero-order chi connectivity index (χ0) is 10.7. The fourth-order valence-corrected chi connectivity index (χ4v) is 1.68. The molecular formula is C13H19N. The minimum absolute atomic E-state index is 1.34. The molecule has 1 aromatic carbocycles. The first-order valence-corrected chi connectivity index (χ1v) is 4.93. The van der Waals surface area contributed by atoms with Gasteiger partial charge < -0.3 is 4.90 Å². The molecule has 0 aliphatic heterocycles. The summed E-state index contributed by atoms with van der Waals surface area (Å²) in [5, 5.41) is 0. The van der Waals surface area contributed by atoms with E-state index < -0.39 is 0 Å². The third kappa shape index (κ3) is 2.63. The molecule has 0 amide bonds. The summed E-state index contributed by atoms with van der Waals surface area (Å²) in [5.74, 6) is 0. The summed E-state index contributed by atoms with van der Waals surface area (Å²) in [6.07, 6.45) is 4.26. The quantitative estimate of drug-likeness (QED) is 0.691. The maximum atomic E-state index is 2.22. The highest BCUT2D eigenvalue weighted by atomic mass is 15.0. The Bertz CT molecular complexity index is 325. The van der Waals surface area contributed by atoms with E-state index in [4.69, 9.17) is 0 Å².